The molecule has 5 heteroatoms. The Kier molecular flexibility index (Phi) is 3.99. The maximum Gasteiger partial charge on any atom is 0.243 e. The van der Waals surface area contributed by atoms with E-state index in [9.17, 15) is 4.79 Å². The Morgan fingerprint density at radius 3 is 3.06 bits per heavy atom. The number of amides is 1. The van der Waals surface area contributed by atoms with Gasteiger partial charge in [0.2, 0.25) is 5.91 Å². The summed E-state index contributed by atoms with van der Waals surface area (Å²) in [5.41, 5.74) is 1.70. The quantitative estimate of drug-likeness (QED) is 0.843. The molecule has 1 amide bonds. The van der Waals surface area contributed by atoms with Crippen LogP contribution in [0.4, 0.5) is 5.69 Å². The van der Waals surface area contributed by atoms with E-state index in [1.807, 2.05) is 19.1 Å². The normalized spacial score (nSPS) is 20.0. The number of ether oxygens (including phenoxy) is 1. The number of carbonyl (C=O) groups is 1. The zero-order chi connectivity index (χ0) is 12.3. The second kappa shape index (κ2) is 5.49. The largest absolute Gasteiger partial charge is 0.378 e. The first kappa shape index (κ1) is 12.4. The van der Waals surface area contributed by atoms with Crippen molar-refractivity contribution in [3.8, 4) is 0 Å². The van der Waals surface area contributed by atoms with E-state index >= 15 is 0 Å². The van der Waals surface area contributed by atoms with Crippen molar-refractivity contribution in [1.29, 1.82) is 0 Å². The van der Waals surface area contributed by atoms with E-state index in [1.165, 1.54) is 0 Å². The number of morpholine rings is 1. The highest BCUT2D eigenvalue weighted by molar-refractivity contribution is 6.31. The summed E-state index contributed by atoms with van der Waals surface area (Å²) in [5.74, 6) is -0.0929. The average molecular weight is 255 g/mol. The molecule has 1 aliphatic rings. The SMILES string of the molecule is Cc1ccc(NC(=O)C2COCCN2)cc1Cl. The number of rotatable bonds is 2. The van der Waals surface area contributed by atoms with Gasteiger partial charge < -0.3 is 15.4 Å². The molecule has 0 spiro atoms. The van der Waals surface area contributed by atoms with Gasteiger partial charge in [0, 0.05) is 17.3 Å². The molecule has 1 heterocycles. The van der Waals surface area contributed by atoms with Crippen LogP contribution >= 0.6 is 11.6 Å². The third-order valence-electron chi connectivity index (χ3n) is 2.68. The van der Waals surface area contributed by atoms with Crippen LogP contribution in [0.3, 0.4) is 0 Å². The van der Waals surface area contributed by atoms with Crippen LogP contribution < -0.4 is 10.6 Å². The minimum atomic E-state index is -0.288. The molecule has 0 aromatic heterocycles. The monoisotopic (exact) mass is 254 g/mol. The van der Waals surface area contributed by atoms with Crippen LogP contribution in [0.15, 0.2) is 18.2 Å². The Labute approximate surface area is 105 Å². The van der Waals surface area contributed by atoms with Crippen molar-refractivity contribution in [2.45, 2.75) is 13.0 Å². The lowest BCUT2D eigenvalue weighted by Crippen LogP contribution is -2.48. The lowest BCUT2D eigenvalue weighted by atomic mass is 10.2. The molecule has 1 aromatic rings. The molecule has 2 rings (SSSR count). The van der Waals surface area contributed by atoms with Gasteiger partial charge in [0.25, 0.3) is 0 Å². The topological polar surface area (TPSA) is 50.4 Å². The molecule has 2 N–H and O–H groups in total. The number of carbonyl (C=O) groups excluding carboxylic acids is 1. The Morgan fingerprint density at radius 1 is 1.59 bits per heavy atom. The third kappa shape index (κ3) is 3.19. The summed E-state index contributed by atoms with van der Waals surface area (Å²) in [6.07, 6.45) is 0. The molecule has 1 unspecified atom stereocenters. The van der Waals surface area contributed by atoms with Gasteiger partial charge >= 0.3 is 0 Å². The van der Waals surface area contributed by atoms with Gasteiger partial charge in [-0.25, -0.2) is 0 Å². The fourth-order valence-electron chi connectivity index (χ4n) is 1.63. The number of nitrogens with one attached hydrogen (secondary N) is 2. The summed E-state index contributed by atoms with van der Waals surface area (Å²) < 4.78 is 5.23. The Hall–Kier alpha value is -1.10. The first-order chi connectivity index (χ1) is 8.16. The molecule has 1 saturated heterocycles. The van der Waals surface area contributed by atoms with Gasteiger partial charge in [0.1, 0.15) is 6.04 Å². The van der Waals surface area contributed by atoms with Crippen molar-refractivity contribution < 1.29 is 9.53 Å². The molecular formula is C12H15ClN2O2. The lowest BCUT2D eigenvalue weighted by Gasteiger charge is -2.22. The summed E-state index contributed by atoms with van der Waals surface area (Å²) in [5, 5.41) is 6.56. The van der Waals surface area contributed by atoms with Crippen molar-refractivity contribution in [3.05, 3.63) is 28.8 Å². The lowest BCUT2D eigenvalue weighted by molar-refractivity contribution is -0.120. The van der Waals surface area contributed by atoms with Crippen LogP contribution in [0, 0.1) is 6.92 Å². The Morgan fingerprint density at radius 2 is 2.41 bits per heavy atom. The van der Waals surface area contributed by atoms with Crippen molar-refractivity contribution in [2.75, 3.05) is 25.1 Å². The average Bonchev–Trinajstić information content (AvgIpc) is 2.35. The number of anilines is 1. The zero-order valence-electron chi connectivity index (χ0n) is 9.63. The van der Waals surface area contributed by atoms with Gasteiger partial charge in [-0.1, -0.05) is 17.7 Å². The van der Waals surface area contributed by atoms with E-state index in [1.54, 1.807) is 6.07 Å². The van der Waals surface area contributed by atoms with Gasteiger partial charge in [-0.15, -0.1) is 0 Å². The molecule has 0 aliphatic carbocycles. The van der Waals surface area contributed by atoms with Crippen LogP contribution in [-0.4, -0.2) is 31.7 Å². The van der Waals surface area contributed by atoms with Gasteiger partial charge in [-0.2, -0.15) is 0 Å². The standard InChI is InChI=1S/C12H15ClN2O2/c1-8-2-3-9(6-10(8)13)15-12(16)11-7-17-5-4-14-11/h2-3,6,11,14H,4-5,7H2,1H3,(H,15,16). The Bertz CT molecular complexity index is 417. The minimum absolute atomic E-state index is 0.0929. The van der Waals surface area contributed by atoms with E-state index in [0.29, 0.717) is 30.5 Å². The van der Waals surface area contributed by atoms with Crippen molar-refractivity contribution in [1.82, 2.24) is 5.32 Å². The van der Waals surface area contributed by atoms with E-state index < -0.39 is 0 Å². The first-order valence-corrected chi connectivity index (χ1v) is 5.93. The predicted octanol–water partition coefficient (Wildman–Crippen LogP) is 1.58. The van der Waals surface area contributed by atoms with Crippen molar-refractivity contribution >= 4 is 23.2 Å². The van der Waals surface area contributed by atoms with Gasteiger partial charge in [-0.05, 0) is 24.6 Å². The molecule has 92 valence electrons. The number of hydrogen-bond donors (Lipinski definition) is 2. The maximum atomic E-state index is 11.9. The number of benzene rings is 1. The molecule has 4 nitrogen and oxygen atoms in total. The molecule has 0 saturated carbocycles. The van der Waals surface area contributed by atoms with Crippen LogP contribution in [0.2, 0.25) is 5.02 Å². The van der Waals surface area contributed by atoms with Crippen LogP contribution in [0.5, 0.6) is 0 Å². The van der Waals surface area contributed by atoms with E-state index in [0.717, 1.165) is 5.56 Å². The zero-order valence-corrected chi connectivity index (χ0v) is 10.4. The summed E-state index contributed by atoms with van der Waals surface area (Å²) in [6.45, 7) is 3.68. The third-order valence-corrected chi connectivity index (χ3v) is 3.08. The van der Waals surface area contributed by atoms with Crippen molar-refractivity contribution in [2.24, 2.45) is 0 Å². The van der Waals surface area contributed by atoms with Crippen LogP contribution in [0.1, 0.15) is 5.56 Å². The maximum absolute atomic E-state index is 11.9. The van der Waals surface area contributed by atoms with Crippen molar-refractivity contribution in [3.63, 3.8) is 0 Å². The molecule has 1 aliphatic heterocycles. The molecule has 1 atom stereocenters. The number of hydrogen-bond acceptors (Lipinski definition) is 3. The summed E-state index contributed by atoms with van der Waals surface area (Å²) in [6, 6.07) is 5.17. The molecular weight excluding hydrogens is 240 g/mol. The van der Waals surface area contributed by atoms with E-state index in [4.69, 9.17) is 16.3 Å². The smallest absolute Gasteiger partial charge is 0.243 e. The highest BCUT2D eigenvalue weighted by Gasteiger charge is 2.21. The second-order valence-electron chi connectivity index (χ2n) is 4.03. The molecule has 0 bridgehead atoms. The fourth-order valence-corrected chi connectivity index (χ4v) is 1.81. The van der Waals surface area contributed by atoms with Crippen LogP contribution in [0.25, 0.3) is 0 Å². The molecule has 1 fully saturated rings. The van der Waals surface area contributed by atoms with E-state index in [2.05, 4.69) is 10.6 Å². The summed E-state index contributed by atoms with van der Waals surface area (Å²) in [7, 11) is 0. The number of aryl methyl sites for hydroxylation is 1. The van der Waals surface area contributed by atoms with Crippen LogP contribution in [-0.2, 0) is 9.53 Å². The predicted molar refractivity (Wildman–Crippen MR) is 67.4 cm³/mol. The van der Waals surface area contributed by atoms with Gasteiger partial charge in [0.05, 0.1) is 13.2 Å². The molecule has 0 radical (unpaired) electrons. The Balaban J connectivity index is 1.99. The molecule has 17 heavy (non-hydrogen) atoms. The fraction of sp³-hybridized carbons (Fsp3) is 0.417. The molecule has 1 aromatic carbocycles. The summed E-state index contributed by atoms with van der Waals surface area (Å²) in [4.78, 5) is 11.9. The highest BCUT2D eigenvalue weighted by atomic mass is 35.5. The minimum Gasteiger partial charge on any atom is -0.378 e. The van der Waals surface area contributed by atoms with Gasteiger partial charge in [-0.3, -0.25) is 4.79 Å². The second-order valence-corrected chi connectivity index (χ2v) is 4.44. The summed E-state index contributed by atoms with van der Waals surface area (Å²) >= 11 is 5.99. The number of halogens is 1. The van der Waals surface area contributed by atoms with Gasteiger partial charge in [0.15, 0.2) is 0 Å². The highest BCUT2D eigenvalue weighted by Crippen LogP contribution is 2.20. The van der Waals surface area contributed by atoms with E-state index in [-0.39, 0.29) is 11.9 Å². The first-order valence-electron chi connectivity index (χ1n) is 5.55.